The lowest BCUT2D eigenvalue weighted by Gasteiger charge is -2.10. The molecule has 2 heterocycles. The van der Waals surface area contributed by atoms with Crippen LogP contribution in [-0.2, 0) is 11.3 Å². The van der Waals surface area contributed by atoms with Gasteiger partial charge in [0.1, 0.15) is 23.3 Å². The highest BCUT2D eigenvalue weighted by atomic mass is 19.1. The lowest BCUT2D eigenvalue weighted by molar-refractivity contribution is -0.123. The Kier molecular flexibility index (Phi) is 5.55. The number of carbonyl (C=O) groups excluding carboxylic acids is 1. The number of aromatic nitrogens is 1. The van der Waals surface area contributed by atoms with E-state index >= 15 is 0 Å². The quantitative estimate of drug-likeness (QED) is 0.594. The first kappa shape index (κ1) is 19.1. The molecule has 1 aromatic heterocycles. The number of halogens is 1. The fourth-order valence-electron chi connectivity index (χ4n) is 3.23. The summed E-state index contributed by atoms with van der Waals surface area (Å²) in [5.41, 5.74) is 8.50. The Morgan fingerprint density at radius 2 is 1.97 bits per heavy atom. The van der Waals surface area contributed by atoms with Crippen molar-refractivity contribution in [2.45, 2.75) is 25.0 Å². The number of methoxy groups -OCH3 is 1. The summed E-state index contributed by atoms with van der Waals surface area (Å²) in [7, 11) is 1.61. The van der Waals surface area contributed by atoms with Crippen molar-refractivity contribution in [3.05, 3.63) is 71.7 Å². The molecule has 1 amide bonds. The van der Waals surface area contributed by atoms with E-state index in [4.69, 9.17) is 9.26 Å². The van der Waals surface area contributed by atoms with Crippen LogP contribution >= 0.6 is 0 Å². The van der Waals surface area contributed by atoms with Crippen molar-refractivity contribution in [3.63, 3.8) is 0 Å². The topological polar surface area (TPSA) is 88.4 Å². The Bertz CT molecular complexity index is 972. The molecule has 1 fully saturated rings. The molecule has 1 aliphatic heterocycles. The first-order chi connectivity index (χ1) is 14.1. The molecule has 0 bridgehead atoms. The fourth-order valence-corrected chi connectivity index (χ4v) is 3.23. The van der Waals surface area contributed by atoms with Crippen LogP contribution in [0.5, 0.6) is 5.75 Å². The minimum atomic E-state index is -0.391. The number of ether oxygens (including phenoxy) is 1. The molecular formula is C21H21FN4O3. The van der Waals surface area contributed by atoms with E-state index in [-0.39, 0.29) is 24.3 Å². The van der Waals surface area contributed by atoms with Gasteiger partial charge in [-0.05, 0) is 48.4 Å². The second-order valence-corrected chi connectivity index (χ2v) is 6.81. The highest BCUT2D eigenvalue weighted by Crippen LogP contribution is 2.24. The lowest BCUT2D eigenvalue weighted by Crippen LogP contribution is -2.42. The summed E-state index contributed by atoms with van der Waals surface area (Å²) in [6, 6.07) is 15.0. The Morgan fingerprint density at radius 1 is 1.21 bits per heavy atom. The van der Waals surface area contributed by atoms with E-state index < -0.39 is 6.04 Å². The first-order valence-electron chi connectivity index (χ1n) is 9.26. The Labute approximate surface area is 167 Å². The van der Waals surface area contributed by atoms with Crippen LogP contribution in [0.1, 0.15) is 23.7 Å². The molecule has 0 aliphatic carbocycles. The van der Waals surface area contributed by atoms with Gasteiger partial charge in [-0.3, -0.25) is 4.79 Å². The van der Waals surface area contributed by atoms with Crippen molar-refractivity contribution in [1.29, 1.82) is 0 Å². The maximum absolute atomic E-state index is 13.1. The van der Waals surface area contributed by atoms with Gasteiger partial charge in [0, 0.05) is 17.7 Å². The van der Waals surface area contributed by atoms with E-state index in [0.717, 1.165) is 16.9 Å². The monoisotopic (exact) mass is 396 g/mol. The van der Waals surface area contributed by atoms with E-state index in [1.165, 1.54) is 12.1 Å². The first-order valence-corrected chi connectivity index (χ1v) is 9.26. The van der Waals surface area contributed by atoms with Gasteiger partial charge in [0.25, 0.3) is 0 Å². The zero-order chi connectivity index (χ0) is 20.2. The van der Waals surface area contributed by atoms with Gasteiger partial charge in [0.15, 0.2) is 5.76 Å². The van der Waals surface area contributed by atoms with E-state index in [1.54, 1.807) is 25.3 Å². The summed E-state index contributed by atoms with van der Waals surface area (Å²) < 4.78 is 23.6. The minimum Gasteiger partial charge on any atom is -0.497 e. The summed E-state index contributed by atoms with van der Waals surface area (Å²) in [4.78, 5) is 12.5. The van der Waals surface area contributed by atoms with E-state index in [0.29, 0.717) is 17.9 Å². The minimum absolute atomic E-state index is 0.0555. The third-order valence-corrected chi connectivity index (χ3v) is 4.87. The van der Waals surface area contributed by atoms with Crippen molar-refractivity contribution in [1.82, 2.24) is 21.3 Å². The number of nitrogens with zero attached hydrogens (tertiary/aromatic N) is 1. The summed E-state index contributed by atoms with van der Waals surface area (Å²) in [5, 5.41) is 6.87. The maximum atomic E-state index is 13.1. The van der Waals surface area contributed by atoms with E-state index in [9.17, 15) is 9.18 Å². The van der Waals surface area contributed by atoms with Crippen LogP contribution in [0.2, 0.25) is 0 Å². The molecule has 3 N–H and O–H groups in total. The van der Waals surface area contributed by atoms with Gasteiger partial charge in [-0.2, -0.15) is 0 Å². The molecule has 7 nitrogen and oxygen atoms in total. The number of amides is 1. The van der Waals surface area contributed by atoms with Gasteiger partial charge in [0.2, 0.25) is 5.91 Å². The van der Waals surface area contributed by atoms with Gasteiger partial charge in [-0.15, -0.1) is 0 Å². The second kappa shape index (κ2) is 8.42. The lowest BCUT2D eigenvalue weighted by atomic mass is 10.0. The van der Waals surface area contributed by atoms with Crippen LogP contribution in [0.3, 0.4) is 0 Å². The highest BCUT2D eigenvalue weighted by molar-refractivity contribution is 5.82. The zero-order valence-corrected chi connectivity index (χ0v) is 15.8. The zero-order valence-electron chi connectivity index (χ0n) is 15.8. The van der Waals surface area contributed by atoms with Crippen molar-refractivity contribution in [3.8, 4) is 17.1 Å². The number of rotatable bonds is 6. The maximum Gasteiger partial charge on any atom is 0.238 e. The smallest absolute Gasteiger partial charge is 0.238 e. The van der Waals surface area contributed by atoms with Crippen LogP contribution in [0, 0.1) is 5.82 Å². The van der Waals surface area contributed by atoms with Crippen LogP contribution in [0.25, 0.3) is 11.3 Å². The Morgan fingerprint density at radius 3 is 2.69 bits per heavy atom. The van der Waals surface area contributed by atoms with Crippen LogP contribution in [0.4, 0.5) is 4.39 Å². The number of hydrogen-bond acceptors (Lipinski definition) is 6. The molecule has 8 heteroatoms. The van der Waals surface area contributed by atoms with Gasteiger partial charge < -0.3 is 14.6 Å². The molecule has 3 aromatic rings. The molecule has 1 saturated heterocycles. The SMILES string of the molecule is COc1ccc(-c2cc(CNC(=O)C3CC(c4ccc(F)cc4)NN3)no2)cc1. The molecule has 2 atom stereocenters. The largest absolute Gasteiger partial charge is 0.497 e. The Balaban J connectivity index is 1.31. The number of benzene rings is 2. The van der Waals surface area contributed by atoms with E-state index in [1.807, 2.05) is 24.3 Å². The number of nitrogens with one attached hydrogen (secondary N) is 3. The number of hydrazine groups is 1. The van der Waals surface area contributed by atoms with E-state index in [2.05, 4.69) is 21.3 Å². The molecule has 0 saturated carbocycles. The van der Waals surface area contributed by atoms with Gasteiger partial charge >= 0.3 is 0 Å². The van der Waals surface area contributed by atoms with Crippen LogP contribution in [-0.4, -0.2) is 24.2 Å². The van der Waals surface area contributed by atoms with Crippen molar-refractivity contribution in [2.75, 3.05) is 7.11 Å². The molecule has 0 spiro atoms. The standard InChI is InChI=1S/C21H21FN4O3/c1-28-17-8-4-14(5-9-17)20-10-16(26-29-20)12-23-21(27)19-11-18(24-25-19)13-2-6-15(22)7-3-13/h2-10,18-19,24-25H,11-12H2,1H3,(H,23,27). The second-order valence-electron chi connectivity index (χ2n) is 6.81. The predicted octanol–water partition coefficient (Wildman–Crippen LogP) is 2.71. The highest BCUT2D eigenvalue weighted by Gasteiger charge is 2.30. The predicted molar refractivity (Wildman–Crippen MR) is 104 cm³/mol. The average molecular weight is 396 g/mol. The van der Waals surface area contributed by atoms with Crippen molar-refractivity contribution in [2.24, 2.45) is 0 Å². The van der Waals surface area contributed by atoms with Gasteiger partial charge in [-0.1, -0.05) is 17.3 Å². The molecule has 2 unspecified atom stereocenters. The summed E-state index contributed by atoms with van der Waals surface area (Å²) in [6.07, 6.45) is 0.563. The van der Waals surface area contributed by atoms with Gasteiger partial charge in [0.05, 0.1) is 13.7 Å². The van der Waals surface area contributed by atoms with Crippen molar-refractivity contribution >= 4 is 5.91 Å². The van der Waals surface area contributed by atoms with Gasteiger partial charge in [-0.25, -0.2) is 15.2 Å². The summed E-state index contributed by atoms with van der Waals surface area (Å²) in [5.74, 6) is 0.957. The van der Waals surface area contributed by atoms with Crippen molar-refractivity contribution < 1.29 is 18.4 Å². The molecule has 0 radical (unpaired) electrons. The average Bonchev–Trinajstić information content (AvgIpc) is 3.43. The summed E-state index contributed by atoms with van der Waals surface area (Å²) >= 11 is 0. The normalized spacial score (nSPS) is 18.6. The molecule has 4 rings (SSSR count). The molecule has 29 heavy (non-hydrogen) atoms. The molecule has 150 valence electrons. The van der Waals surface area contributed by atoms with Crippen LogP contribution in [0.15, 0.2) is 59.1 Å². The third kappa shape index (κ3) is 4.44. The molecule has 2 aromatic carbocycles. The summed E-state index contributed by atoms with van der Waals surface area (Å²) in [6.45, 7) is 0.262. The van der Waals surface area contributed by atoms with Crippen LogP contribution < -0.4 is 20.9 Å². The molecular weight excluding hydrogens is 375 g/mol. The number of carbonyl (C=O) groups is 1. The third-order valence-electron chi connectivity index (χ3n) is 4.87. The Hall–Kier alpha value is -3.23. The fraction of sp³-hybridized carbons (Fsp3) is 0.238. The number of hydrogen-bond donors (Lipinski definition) is 3. The molecule has 1 aliphatic rings.